The molecular formula is C30H44FN7O4. The lowest BCUT2D eigenvalue weighted by Crippen LogP contribution is -2.54. The molecule has 4 amide bonds. The summed E-state index contributed by atoms with van der Waals surface area (Å²) in [5.41, 5.74) is 0.761. The number of benzene rings is 1. The van der Waals surface area contributed by atoms with Crippen LogP contribution in [0.1, 0.15) is 74.8 Å². The number of nitrogens with one attached hydrogen (secondary N) is 4. The number of carbonyl (C=O) groups excluding carboxylic acids is 4. The second kappa shape index (κ2) is 17.2. The highest BCUT2D eigenvalue weighted by Gasteiger charge is 2.27. The third-order valence-electron chi connectivity index (χ3n) is 7.29. The SMILES string of the molecule is C1CCCCC1.CCC(=O)NC(Cc1ccc(NC(=O)CNC(=O)c2ccnn2CC)c(F)c1)C(=O)N1CCNCC1. The molecule has 42 heavy (non-hydrogen) atoms. The van der Waals surface area contributed by atoms with E-state index in [1.165, 1.54) is 67.6 Å². The van der Waals surface area contributed by atoms with E-state index in [-0.39, 0.29) is 36.9 Å². The predicted molar refractivity (Wildman–Crippen MR) is 158 cm³/mol. The van der Waals surface area contributed by atoms with Crippen molar-refractivity contribution in [1.29, 1.82) is 0 Å². The third-order valence-corrected chi connectivity index (χ3v) is 7.29. The first kappa shape index (κ1) is 32.7. The van der Waals surface area contributed by atoms with E-state index in [0.29, 0.717) is 44.0 Å². The monoisotopic (exact) mass is 585 g/mol. The number of aryl methyl sites for hydroxylation is 1. The van der Waals surface area contributed by atoms with E-state index in [9.17, 15) is 23.6 Å². The molecule has 4 N–H and O–H groups in total. The van der Waals surface area contributed by atoms with Gasteiger partial charge in [-0.3, -0.25) is 23.9 Å². The van der Waals surface area contributed by atoms with E-state index < -0.39 is 23.7 Å². The van der Waals surface area contributed by atoms with Gasteiger partial charge in [0.15, 0.2) is 0 Å². The van der Waals surface area contributed by atoms with Gasteiger partial charge >= 0.3 is 0 Å². The van der Waals surface area contributed by atoms with Gasteiger partial charge < -0.3 is 26.2 Å². The van der Waals surface area contributed by atoms with Crippen LogP contribution in [0.4, 0.5) is 10.1 Å². The fraction of sp³-hybridized carbons (Fsp3) is 0.567. The molecule has 11 nitrogen and oxygen atoms in total. The molecule has 0 spiro atoms. The number of aromatic nitrogens is 2. The third kappa shape index (κ3) is 10.2. The zero-order chi connectivity index (χ0) is 30.3. The van der Waals surface area contributed by atoms with Crippen LogP contribution >= 0.6 is 0 Å². The van der Waals surface area contributed by atoms with Crippen molar-refractivity contribution in [3.63, 3.8) is 0 Å². The molecule has 2 aromatic rings. The van der Waals surface area contributed by atoms with Crippen molar-refractivity contribution in [3.8, 4) is 0 Å². The van der Waals surface area contributed by atoms with Gasteiger partial charge in [0.25, 0.3) is 5.91 Å². The molecule has 1 aromatic heterocycles. The highest BCUT2D eigenvalue weighted by atomic mass is 19.1. The molecule has 1 saturated heterocycles. The number of rotatable bonds is 10. The predicted octanol–water partition coefficient (Wildman–Crippen LogP) is 2.62. The number of hydrogen-bond donors (Lipinski definition) is 4. The zero-order valence-electron chi connectivity index (χ0n) is 24.7. The molecule has 1 unspecified atom stereocenters. The van der Waals surface area contributed by atoms with Crippen LogP contribution in [0.3, 0.4) is 0 Å². The Bertz CT molecular complexity index is 1180. The molecule has 2 fully saturated rings. The number of piperazine rings is 1. The summed E-state index contributed by atoms with van der Waals surface area (Å²) in [6.45, 7) is 6.10. The Morgan fingerprint density at radius 1 is 0.976 bits per heavy atom. The van der Waals surface area contributed by atoms with Crippen LogP contribution in [-0.4, -0.2) is 77.1 Å². The number of amides is 4. The maximum absolute atomic E-state index is 14.8. The van der Waals surface area contributed by atoms with E-state index in [2.05, 4.69) is 26.4 Å². The molecule has 0 bridgehead atoms. The first-order valence-electron chi connectivity index (χ1n) is 15.0. The summed E-state index contributed by atoms with van der Waals surface area (Å²) in [6, 6.07) is 4.93. The van der Waals surface area contributed by atoms with Crippen LogP contribution in [-0.2, 0) is 27.3 Å². The van der Waals surface area contributed by atoms with Crippen LogP contribution in [0.15, 0.2) is 30.5 Å². The van der Waals surface area contributed by atoms with Crippen molar-refractivity contribution >= 4 is 29.3 Å². The second-order valence-corrected chi connectivity index (χ2v) is 10.5. The van der Waals surface area contributed by atoms with Gasteiger partial charge in [-0.25, -0.2) is 4.39 Å². The van der Waals surface area contributed by atoms with Crippen molar-refractivity contribution < 1.29 is 23.6 Å². The lowest BCUT2D eigenvalue weighted by Gasteiger charge is -2.31. The van der Waals surface area contributed by atoms with E-state index in [1.807, 2.05) is 6.92 Å². The Labute approximate surface area is 247 Å². The summed E-state index contributed by atoms with van der Waals surface area (Å²) >= 11 is 0. The van der Waals surface area contributed by atoms with Crippen molar-refractivity contribution in [2.45, 2.75) is 77.8 Å². The molecule has 1 aliphatic carbocycles. The first-order valence-corrected chi connectivity index (χ1v) is 15.0. The van der Waals surface area contributed by atoms with Crippen molar-refractivity contribution in [3.05, 3.63) is 47.5 Å². The number of nitrogens with zero attached hydrogens (tertiary/aromatic N) is 3. The van der Waals surface area contributed by atoms with Crippen molar-refractivity contribution in [2.24, 2.45) is 0 Å². The molecule has 4 rings (SSSR count). The summed E-state index contributed by atoms with van der Waals surface area (Å²) in [6.07, 6.45) is 10.8. The van der Waals surface area contributed by atoms with Gasteiger partial charge in [0.1, 0.15) is 17.6 Å². The molecule has 1 atom stereocenters. The Hall–Kier alpha value is -3.80. The molecule has 230 valence electrons. The molecule has 2 aliphatic rings. The minimum absolute atomic E-state index is 0.0563. The van der Waals surface area contributed by atoms with Gasteiger partial charge in [0.05, 0.1) is 12.2 Å². The quantitative estimate of drug-likeness (QED) is 0.338. The highest BCUT2D eigenvalue weighted by Crippen LogP contribution is 2.18. The topological polar surface area (TPSA) is 137 Å². The van der Waals surface area contributed by atoms with E-state index in [1.54, 1.807) is 17.9 Å². The molecule has 2 heterocycles. The fourth-order valence-corrected chi connectivity index (χ4v) is 4.91. The van der Waals surface area contributed by atoms with Gasteiger partial charge in [-0.05, 0) is 30.7 Å². The molecule has 1 aromatic carbocycles. The van der Waals surface area contributed by atoms with Gasteiger partial charge in [0.2, 0.25) is 17.7 Å². The van der Waals surface area contributed by atoms with Crippen LogP contribution in [0.2, 0.25) is 0 Å². The highest BCUT2D eigenvalue weighted by molar-refractivity contribution is 5.98. The summed E-state index contributed by atoms with van der Waals surface area (Å²) in [5, 5.41) is 14.8. The fourth-order valence-electron chi connectivity index (χ4n) is 4.91. The van der Waals surface area contributed by atoms with Gasteiger partial charge in [0, 0.05) is 51.8 Å². The van der Waals surface area contributed by atoms with Crippen LogP contribution < -0.4 is 21.3 Å². The van der Waals surface area contributed by atoms with Gasteiger partial charge in [-0.15, -0.1) is 0 Å². The number of halogens is 1. The molecule has 1 aliphatic heterocycles. The second-order valence-electron chi connectivity index (χ2n) is 10.5. The summed E-state index contributed by atoms with van der Waals surface area (Å²) in [4.78, 5) is 51.2. The van der Waals surface area contributed by atoms with E-state index >= 15 is 0 Å². The van der Waals surface area contributed by atoms with Crippen LogP contribution in [0.5, 0.6) is 0 Å². The Morgan fingerprint density at radius 2 is 1.64 bits per heavy atom. The molecule has 0 radical (unpaired) electrons. The van der Waals surface area contributed by atoms with E-state index in [4.69, 9.17) is 0 Å². The minimum Gasteiger partial charge on any atom is -0.344 e. The van der Waals surface area contributed by atoms with Gasteiger partial charge in [-0.2, -0.15) is 5.10 Å². The lowest BCUT2D eigenvalue weighted by atomic mass is 10.0. The normalized spacial score (nSPS) is 15.5. The standard InChI is InChI=1S/C24H32FN7O4.C6H12/c1-3-21(33)30-19(24(36)31-11-9-26-10-12-31)14-16-5-6-18(17(25)13-16)29-22(34)15-27-23(35)20-7-8-28-32(20)4-2;1-2-4-6-5-3-1/h5-8,13,19,26H,3-4,9-12,14-15H2,1-2H3,(H,27,35)(H,29,34)(H,30,33);1-6H2. The molecular weight excluding hydrogens is 541 g/mol. The minimum atomic E-state index is -0.817. The molecule has 12 heteroatoms. The number of anilines is 1. The average molecular weight is 586 g/mol. The van der Waals surface area contributed by atoms with Crippen LogP contribution in [0, 0.1) is 5.82 Å². The maximum Gasteiger partial charge on any atom is 0.269 e. The number of carbonyl (C=O) groups is 4. The number of hydrogen-bond acceptors (Lipinski definition) is 6. The Kier molecular flexibility index (Phi) is 13.4. The summed E-state index contributed by atoms with van der Waals surface area (Å²) < 4.78 is 16.3. The smallest absolute Gasteiger partial charge is 0.269 e. The zero-order valence-corrected chi connectivity index (χ0v) is 24.7. The average Bonchev–Trinajstić information content (AvgIpc) is 3.51. The van der Waals surface area contributed by atoms with Crippen molar-refractivity contribution in [2.75, 3.05) is 38.0 Å². The van der Waals surface area contributed by atoms with Crippen LogP contribution in [0.25, 0.3) is 0 Å². The maximum atomic E-state index is 14.8. The van der Waals surface area contributed by atoms with Crippen molar-refractivity contribution in [1.82, 2.24) is 30.6 Å². The molecule has 1 saturated carbocycles. The largest absolute Gasteiger partial charge is 0.344 e. The first-order chi connectivity index (χ1) is 20.3. The summed E-state index contributed by atoms with van der Waals surface area (Å²) in [7, 11) is 0. The lowest BCUT2D eigenvalue weighted by molar-refractivity contribution is -0.136. The van der Waals surface area contributed by atoms with E-state index in [0.717, 1.165) is 0 Å². The van der Waals surface area contributed by atoms with Gasteiger partial charge in [-0.1, -0.05) is 51.5 Å². The Morgan fingerprint density at radius 3 is 2.24 bits per heavy atom. The summed E-state index contributed by atoms with van der Waals surface area (Å²) in [5.74, 6) is -2.23. The Balaban J connectivity index is 0.000000715.